The zero-order valence-electron chi connectivity index (χ0n) is 12.3. The molecule has 0 aliphatic rings. The normalized spacial score (nSPS) is 10.7. The predicted molar refractivity (Wildman–Crippen MR) is 82.8 cm³/mol. The van der Waals surface area contributed by atoms with E-state index in [0.717, 1.165) is 55.2 Å². The average Bonchev–Trinajstić information content (AvgIpc) is 2.84. The molecule has 0 unspecified atom stereocenters. The molecular formula is C16H23N3O. The van der Waals surface area contributed by atoms with Gasteiger partial charge >= 0.3 is 0 Å². The van der Waals surface area contributed by atoms with Crippen LogP contribution in [0.4, 0.5) is 5.82 Å². The first-order valence-electron chi connectivity index (χ1n) is 7.30. The van der Waals surface area contributed by atoms with Crippen molar-refractivity contribution < 1.29 is 4.74 Å². The van der Waals surface area contributed by atoms with Gasteiger partial charge in [-0.15, -0.1) is 0 Å². The van der Waals surface area contributed by atoms with Crippen LogP contribution in [0.2, 0.25) is 0 Å². The van der Waals surface area contributed by atoms with E-state index in [1.165, 1.54) is 0 Å². The molecule has 4 nitrogen and oxygen atoms in total. The van der Waals surface area contributed by atoms with Gasteiger partial charge in [-0.05, 0) is 37.1 Å². The lowest BCUT2D eigenvalue weighted by atomic mass is 10.1. The van der Waals surface area contributed by atoms with Gasteiger partial charge in [-0.2, -0.15) is 0 Å². The quantitative estimate of drug-likeness (QED) is 0.836. The van der Waals surface area contributed by atoms with Crippen LogP contribution in [0.5, 0.6) is 5.75 Å². The number of nitrogens with two attached hydrogens (primary N) is 1. The number of benzene rings is 1. The lowest BCUT2D eigenvalue weighted by Crippen LogP contribution is -2.02. The van der Waals surface area contributed by atoms with Gasteiger partial charge in [0.25, 0.3) is 0 Å². The largest absolute Gasteiger partial charge is 0.494 e. The fourth-order valence-corrected chi connectivity index (χ4v) is 2.05. The molecule has 4 heteroatoms. The lowest BCUT2D eigenvalue weighted by Gasteiger charge is -2.06. The van der Waals surface area contributed by atoms with Crippen LogP contribution in [-0.2, 0) is 6.54 Å². The van der Waals surface area contributed by atoms with E-state index >= 15 is 0 Å². The molecule has 0 aliphatic heterocycles. The molecule has 1 heterocycles. The summed E-state index contributed by atoms with van der Waals surface area (Å²) in [5.74, 6) is 1.63. The smallest absolute Gasteiger partial charge is 0.131 e. The molecule has 2 N–H and O–H groups in total. The molecule has 108 valence electrons. The van der Waals surface area contributed by atoms with E-state index in [-0.39, 0.29) is 0 Å². The van der Waals surface area contributed by atoms with Gasteiger partial charge in [-0.3, -0.25) is 0 Å². The Kier molecular flexibility index (Phi) is 5.04. The van der Waals surface area contributed by atoms with Crippen molar-refractivity contribution in [3.63, 3.8) is 0 Å². The zero-order chi connectivity index (χ0) is 14.4. The summed E-state index contributed by atoms with van der Waals surface area (Å²) in [6.07, 6.45) is 5.10. The summed E-state index contributed by atoms with van der Waals surface area (Å²) in [4.78, 5) is 4.43. The molecule has 0 radical (unpaired) electrons. The van der Waals surface area contributed by atoms with Crippen molar-refractivity contribution in [1.82, 2.24) is 9.55 Å². The predicted octanol–water partition coefficient (Wildman–Crippen LogP) is 3.72. The molecule has 1 aromatic carbocycles. The minimum atomic E-state index is 0.737. The van der Waals surface area contributed by atoms with Crippen LogP contribution in [0.15, 0.2) is 30.6 Å². The van der Waals surface area contributed by atoms with E-state index in [9.17, 15) is 0 Å². The van der Waals surface area contributed by atoms with Gasteiger partial charge in [0.05, 0.1) is 12.9 Å². The maximum absolute atomic E-state index is 6.16. The van der Waals surface area contributed by atoms with Crippen LogP contribution >= 0.6 is 0 Å². The molecule has 0 atom stereocenters. The van der Waals surface area contributed by atoms with Crippen molar-refractivity contribution in [3.8, 4) is 17.0 Å². The van der Waals surface area contributed by atoms with E-state index in [2.05, 4.69) is 18.8 Å². The molecule has 2 aromatic rings. The Balaban J connectivity index is 2.13. The zero-order valence-corrected chi connectivity index (χ0v) is 12.3. The molecule has 2 rings (SSSR count). The molecular weight excluding hydrogens is 250 g/mol. The van der Waals surface area contributed by atoms with E-state index in [1.54, 1.807) is 0 Å². The number of rotatable bonds is 7. The second kappa shape index (κ2) is 6.98. The van der Waals surface area contributed by atoms with Crippen LogP contribution in [-0.4, -0.2) is 16.2 Å². The molecule has 0 saturated carbocycles. The van der Waals surface area contributed by atoms with Gasteiger partial charge in [-0.25, -0.2) is 4.98 Å². The van der Waals surface area contributed by atoms with Crippen LogP contribution in [0, 0.1) is 0 Å². The number of nitrogen functional groups attached to an aromatic ring is 1. The number of nitrogens with zero attached hydrogens (tertiary/aromatic N) is 2. The third kappa shape index (κ3) is 3.32. The monoisotopic (exact) mass is 273 g/mol. The Morgan fingerprint density at radius 1 is 1.15 bits per heavy atom. The summed E-state index contributed by atoms with van der Waals surface area (Å²) in [6, 6.07) is 7.95. The third-order valence-corrected chi connectivity index (χ3v) is 3.23. The minimum Gasteiger partial charge on any atom is -0.494 e. The fraction of sp³-hybridized carbons (Fsp3) is 0.438. The summed E-state index contributed by atoms with van der Waals surface area (Å²) < 4.78 is 7.59. The number of hydrogen-bond donors (Lipinski definition) is 1. The number of ether oxygens (including phenoxy) is 1. The summed E-state index contributed by atoms with van der Waals surface area (Å²) in [7, 11) is 0. The summed E-state index contributed by atoms with van der Waals surface area (Å²) in [5.41, 5.74) is 8.04. The van der Waals surface area contributed by atoms with Crippen molar-refractivity contribution in [2.75, 3.05) is 12.3 Å². The summed E-state index contributed by atoms with van der Waals surface area (Å²) >= 11 is 0. The number of unbranched alkanes of at least 4 members (excludes halogenated alkanes) is 1. The van der Waals surface area contributed by atoms with Crippen LogP contribution < -0.4 is 10.5 Å². The van der Waals surface area contributed by atoms with Gasteiger partial charge in [0.15, 0.2) is 0 Å². The third-order valence-electron chi connectivity index (χ3n) is 3.23. The number of hydrogen-bond acceptors (Lipinski definition) is 3. The van der Waals surface area contributed by atoms with Gasteiger partial charge < -0.3 is 15.0 Å². The van der Waals surface area contributed by atoms with Gasteiger partial charge in [-0.1, -0.05) is 20.3 Å². The summed E-state index contributed by atoms with van der Waals surface area (Å²) in [5, 5.41) is 0. The standard InChI is InChI=1S/C16H23N3O/c1-3-5-10-19-12-18-15(16(19)17)13-6-8-14(9-7-13)20-11-4-2/h6-9,12H,3-5,10-11,17H2,1-2H3. The molecule has 0 amide bonds. The molecule has 0 spiro atoms. The molecule has 20 heavy (non-hydrogen) atoms. The number of aromatic nitrogens is 2. The molecule has 0 saturated heterocycles. The average molecular weight is 273 g/mol. The second-order valence-corrected chi connectivity index (χ2v) is 4.90. The fourth-order valence-electron chi connectivity index (χ4n) is 2.05. The maximum atomic E-state index is 6.16. The Bertz CT molecular complexity index is 531. The first-order chi connectivity index (χ1) is 9.76. The van der Waals surface area contributed by atoms with Crippen molar-refractivity contribution in [1.29, 1.82) is 0 Å². The minimum absolute atomic E-state index is 0.737. The SMILES string of the molecule is CCCCn1cnc(-c2ccc(OCCC)cc2)c1N. The Labute approximate surface area is 120 Å². The van der Waals surface area contributed by atoms with Crippen molar-refractivity contribution in [2.24, 2.45) is 0 Å². The van der Waals surface area contributed by atoms with Gasteiger partial charge in [0.2, 0.25) is 0 Å². The Morgan fingerprint density at radius 3 is 2.55 bits per heavy atom. The maximum Gasteiger partial charge on any atom is 0.131 e. The van der Waals surface area contributed by atoms with Crippen molar-refractivity contribution >= 4 is 5.82 Å². The highest BCUT2D eigenvalue weighted by Gasteiger charge is 2.09. The van der Waals surface area contributed by atoms with E-state index in [4.69, 9.17) is 10.5 Å². The van der Waals surface area contributed by atoms with E-state index in [0.29, 0.717) is 0 Å². The molecule has 0 aliphatic carbocycles. The Hall–Kier alpha value is -1.97. The first-order valence-corrected chi connectivity index (χ1v) is 7.30. The molecule has 0 fully saturated rings. The highest BCUT2D eigenvalue weighted by molar-refractivity contribution is 5.70. The number of aryl methyl sites for hydroxylation is 1. The van der Waals surface area contributed by atoms with E-state index < -0.39 is 0 Å². The topological polar surface area (TPSA) is 53.1 Å². The highest BCUT2D eigenvalue weighted by atomic mass is 16.5. The van der Waals surface area contributed by atoms with Gasteiger partial charge in [0.1, 0.15) is 17.3 Å². The van der Waals surface area contributed by atoms with Crippen LogP contribution in [0.3, 0.4) is 0 Å². The van der Waals surface area contributed by atoms with Crippen molar-refractivity contribution in [2.45, 2.75) is 39.7 Å². The van der Waals surface area contributed by atoms with Crippen molar-refractivity contribution in [3.05, 3.63) is 30.6 Å². The Morgan fingerprint density at radius 2 is 1.90 bits per heavy atom. The lowest BCUT2D eigenvalue weighted by molar-refractivity contribution is 0.317. The summed E-state index contributed by atoms with van der Waals surface area (Å²) in [6.45, 7) is 5.93. The number of imidazole rings is 1. The van der Waals surface area contributed by atoms with Crippen LogP contribution in [0.1, 0.15) is 33.1 Å². The highest BCUT2D eigenvalue weighted by Crippen LogP contribution is 2.26. The van der Waals surface area contributed by atoms with Gasteiger partial charge in [0, 0.05) is 12.1 Å². The van der Waals surface area contributed by atoms with E-state index in [1.807, 2.05) is 35.2 Å². The number of anilines is 1. The molecule has 0 bridgehead atoms. The second-order valence-electron chi connectivity index (χ2n) is 4.90. The van der Waals surface area contributed by atoms with Crippen LogP contribution in [0.25, 0.3) is 11.3 Å². The molecule has 1 aromatic heterocycles. The first kappa shape index (κ1) is 14.4.